The largest absolute Gasteiger partial charge is 0.368 e. The summed E-state index contributed by atoms with van der Waals surface area (Å²) < 4.78 is 23.5. The Bertz CT molecular complexity index is 1100. The van der Waals surface area contributed by atoms with Gasteiger partial charge in [-0.3, -0.25) is 4.79 Å². The van der Waals surface area contributed by atoms with Gasteiger partial charge in [0.05, 0.1) is 21.0 Å². The molecule has 0 aliphatic heterocycles. The molecule has 0 aliphatic rings. The van der Waals surface area contributed by atoms with Crippen LogP contribution in [0, 0.1) is 0 Å². The Balaban J connectivity index is 1.68. The van der Waals surface area contributed by atoms with Gasteiger partial charge >= 0.3 is 0 Å². The number of anilines is 1. The molecule has 140 valence electrons. The topological polar surface area (TPSA) is 101 Å². The number of rotatable bonds is 6. The Labute approximate surface area is 161 Å². The van der Waals surface area contributed by atoms with E-state index < -0.39 is 9.84 Å². The molecule has 1 heterocycles. The highest BCUT2D eigenvalue weighted by Gasteiger charge is 2.11. The number of hydrogen-bond donors (Lipinski definition) is 2. The van der Waals surface area contributed by atoms with Gasteiger partial charge in [-0.2, -0.15) is 0 Å². The van der Waals surface area contributed by atoms with E-state index in [1.54, 1.807) is 30.3 Å². The van der Waals surface area contributed by atoms with Crippen LogP contribution in [0.25, 0.3) is 10.9 Å². The van der Waals surface area contributed by atoms with Crippen LogP contribution in [0.5, 0.6) is 0 Å². The number of benzene rings is 2. The number of fused-ring (bicyclic) bond motifs is 1. The van der Waals surface area contributed by atoms with Crippen molar-refractivity contribution in [2.24, 2.45) is 0 Å². The summed E-state index contributed by atoms with van der Waals surface area (Å²) in [5, 5.41) is 6.85. The fourth-order valence-corrected chi connectivity index (χ4v) is 3.37. The van der Waals surface area contributed by atoms with Gasteiger partial charge < -0.3 is 10.6 Å². The third kappa shape index (κ3) is 4.53. The van der Waals surface area contributed by atoms with Crippen molar-refractivity contribution in [1.29, 1.82) is 0 Å². The van der Waals surface area contributed by atoms with Crippen molar-refractivity contribution in [3.8, 4) is 0 Å². The number of amides is 1. The summed E-state index contributed by atoms with van der Waals surface area (Å²) in [5.74, 6) is 0.229. The molecular formula is C18H17ClN4O3S. The third-order valence-electron chi connectivity index (χ3n) is 3.86. The highest BCUT2D eigenvalue weighted by Crippen LogP contribution is 2.22. The summed E-state index contributed by atoms with van der Waals surface area (Å²) in [6.07, 6.45) is 2.54. The molecule has 9 heteroatoms. The molecule has 1 aromatic heterocycles. The Kier molecular flexibility index (Phi) is 5.57. The van der Waals surface area contributed by atoms with Gasteiger partial charge in [-0.15, -0.1) is 0 Å². The van der Waals surface area contributed by atoms with Gasteiger partial charge in [0.1, 0.15) is 12.1 Å². The zero-order valence-corrected chi connectivity index (χ0v) is 16.0. The predicted octanol–water partition coefficient (Wildman–Crippen LogP) is 2.53. The Hall–Kier alpha value is -2.71. The number of aromatic nitrogens is 2. The third-order valence-corrected chi connectivity index (χ3v) is 5.30. The maximum absolute atomic E-state index is 12.1. The summed E-state index contributed by atoms with van der Waals surface area (Å²) in [4.78, 5) is 20.6. The normalized spacial score (nSPS) is 11.3. The molecule has 1 amide bonds. The second-order valence-corrected chi connectivity index (χ2v) is 8.26. The van der Waals surface area contributed by atoms with Gasteiger partial charge in [-0.25, -0.2) is 18.4 Å². The second kappa shape index (κ2) is 7.89. The summed E-state index contributed by atoms with van der Waals surface area (Å²) >= 11 is 6.00. The number of hydrogen-bond acceptors (Lipinski definition) is 6. The van der Waals surface area contributed by atoms with Crippen molar-refractivity contribution in [2.45, 2.75) is 4.90 Å². The van der Waals surface area contributed by atoms with E-state index >= 15 is 0 Å². The Morgan fingerprint density at radius 2 is 1.89 bits per heavy atom. The fourth-order valence-electron chi connectivity index (χ4n) is 2.50. The molecule has 0 radical (unpaired) electrons. The summed E-state index contributed by atoms with van der Waals surface area (Å²) in [5.41, 5.74) is 1.03. The van der Waals surface area contributed by atoms with Crippen molar-refractivity contribution >= 4 is 44.1 Å². The monoisotopic (exact) mass is 404 g/mol. The van der Waals surface area contributed by atoms with E-state index in [0.717, 1.165) is 6.26 Å². The van der Waals surface area contributed by atoms with Gasteiger partial charge in [-0.1, -0.05) is 23.7 Å². The lowest BCUT2D eigenvalue weighted by Crippen LogP contribution is -2.29. The lowest BCUT2D eigenvalue weighted by molar-refractivity contribution is 0.0955. The number of halogens is 1. The maximum Gasteiger partial charge on any atom is 0.252 e. The van der Waals surface area contributed by atoms with Gasteiger partial charge in [-0.05, 0) is 30.3 Å². The minimum absolute atomic E-state index is 0.194. The number of carbonyl (C=O) groups is 1. The summed E-state index contributed by atoms with van der Waals surface area (Å²) in [6, 6.07) is 11.5. The first-order valence-electron chi connectivity index (χ1n) is 8.07. The molecule has 3 rings (SSSR count). The lowest BCUT2D eigenvalue weighted by atomic mass is 10.2. The van der Waals surface area contributed by atoms with Crippen LogP contribution in [-0.2, 0) is 9.84 Å². The Morgan fingerprint density at radius 1 is 1.11 bits per heavy atom. The zero-order chi connectivity index (χ0) is 19.4. The van der Waals surface area contributed by atoms with E-state index in [4.69, 9.17) is 11.6 Å². The lowest BCUT2D eigenvalue weighted by Gasteiger charge is -2.10. The Morgan fingerprint density at radius 3 is 2.63 bits per heavy atom. The molecule has 0 bridgehead atoms. The number of carbonyl (C=O) groups excluding carboxylic acids is 1. The average molecular weight is 405 g/mol. The van der Waals surface area contributed by atoms with Gasteiger partial charge in [0.25, 0.3) is 5.91 Å². The van der Waals surface area contributed by atoms with Gasteiger partial charge in [0, 0.05) is 24.7 Å². The molecule has 27 heavy (non-hydrogen) atoms. The van der Waals surface area contributed by atoms with Crippen LogP contribution in [0.4, 0.5) is 5.82 Å². The highest BCUT2D eigenvalue weighted by molar-refractivity contribution is 7.90. The second-order valence-electron chi connectivity index (χ2n) is 5.84. The van der Waals surface area contributed by atoms with Gasteiger partial charge in [0.2, 0.25) is 0 Å². The first-order chi connectivity index (χ1) is 12.9. The van der Waals surface area contributed by atoms with Gasteiger partial charge in [0.15, 0.2) is 9.84 Å². The maximum atomic E-state index is 12.1. The van der Waals surface area contributed by atoms with Crippen LogP contribution in [0.1, 0.15) is 10.4 Å². The quantitative estimate of drug-likeness (QED) is 0.612. The van der Waals surface area contributed by atoms with Crippen molar-refractivity contribution in [3.05, 3.63) is 59.4 Å². The smallest absolute Gasteiger partial charge is 0.252 e. The molecule has 0 aliphatic carbocycles. The molecule has 0 spiro atoms. The zero-order valence-electron chi connectivity index (χ0n) is 14.4. The van der Waals surface area contributed by atoms with Crippen molar-refractivity contribution < 1.29 is 13.2 Å². The van der Waals surface area contributed by atoms with Crippen molar-refractivity contribution in [1.82, 2.24) is 15.3 Å². The summed E-state index contributed by atoms with van der Waals surface area (Å²) in [6.45, 7) is 0.729. The predicted molar refractivity (Wildman–Crippen MR) is 105 cm³/mol. The van der Waals surface area contributed by atoms with Crippen molar-refractivity contribution in [3.63, 3.8) is 0 Å². The number of nitrogens with one attached hydrogen (secondary N) is 2. The molecule has 0 saturated carbocycles. The van der Waals surface area contributed by atoms with E-state index in [0.29, 0.717) is 40.4 Å². The van der Waals surface area contributed by atoms with Crippen LogP contribution in [0.2, 0.25) is 5.02 Å². The van der Waals surface area contributed by atoms with E-state index in [1.807, 2.05) is 0 Å². The average Bonchev–Trinajstić information content (AvgIpc) is 2.64. The molecule has 0 unspecified atom stereocenters. The number of nitrogens with zero attached hydrogens (tertiary/aromatic N) is 2. The van der Waals surface area contributed by atoms with Crippen LogP contribution in [0.15, 0.2) is 53.7 Å². The first-order valence-corrected chi connectivity index (χ1v) is 10.3. The van der Waals surface area contributed by atoms with E-state index in [2.05, 4.69) is 20.6 Å². The molecule has 2 aromatic carbocycles. The highest BCUT2D eigenvalue weighted by atomic mass is 35.5. The van der Waals surface area contributed by atoms with Crippen LogP contribution < -0.4 is 10.6 Å². The van der Waals surface area contributed by atoms with E-state index in [-0.39, 0.29) is 10.8 Å². The molecule has 7 nitrogen and oxygen atoms in total. The molecule has 0 fully saturated rings. The first kappa shape index (κ1) is 19.1. The number of sulfone groups is 1. The van der Waals surface area contributed by atoms with E-state index in [9.17, 15) is 13.2 Å². The van der Waals surface area contributed by atoms with Crippen LogP contribution in [-0.4, -0.2) is 43.6 Å². The van der Waals surface area contributed by atoms with Crippen molar-refractivity contribution in [2.75, 3.05) is 24.7 Å². The minimum atomic E-state index is -3.34. The molecule has 2 N–H and O–H groups in total. The molecular weight excluding hydrogens is 388 g/mol. The van der Waals surface area contributed by atoms with Crippen LogP contribution in [0.3, 0.4) is 0 Å². The summed E-state index contributed by atoms with van der Waals surface area (Å²) in [7, 11) is -3.34. The fraction of sp³-hybridized carbons (Fsp3) is 0.167. The minimum Gasteiger partial charge on any atom is -0.368 e. The molecule has 3 aromatic rings. The SMILES string of the molecule is CS(=O)(=O)c1ccc2ncnc(NCCNC(=O)c3ccccc3Cl)c2c1. The molecule has 0 saturated heterocycles. The standard InChI is InChI=1S/C18H17ClN4O3S/c1-27(25,26)12-6-7-16-14(10-12)17(23-11-22-16)20-8-9-21-18(24)13-4-2-3-5-15(13)19/h2-7,10-11H,8-9H2,1H3,(H,21,24)(H,20,22,23). The van der Waals surface area contributed by atoms with Crippen LogP contribution >= 0.6 is 11.6 Å². The van der Waals surface area contributed by atoms with E-state index in [1.165, 1.54) is 18.5 Å². The molecule has 0 atom stereocenters.